The first kappa shape index (κ1) is 4.34. The number of hydrogen-bond acceptors (Lipinski definition) is 1. The van der Waals surface area contributed by atoms with Crippen molar-refractivity contribution in [3.8, 4) is 0 Å². The van der Waals surface area contributed by atoms with E-state index in [-0.39, 0.29) is 0 Å². The molecule has 0 aliphatic carbocycles. The first-order valence-electron chi connectivity index (χ1n) is 2.21. The zero-order chi connectivity index (χ0) is 4.41. The molecule has 0 aromatic carbocycles. The van der Waals surface area contributed by atoms with Gasteiger partial charge >= 0.3 is 0 Å². The van der Waals surface area contributed by atoms with Gasteiger partial charge in [-0.3, -0.25) is 0 Å². The third kappa shape index (κ3) is 0.818. The van der Waals surface area contributed by atoms with E-state index >= 15 is 0 Å². The van der Waals surface area contributed by atoms with E-state index in [4.69, 9.17) is 0 Å². The molecule has 1 heterocycles. The molecule has 0 atom stereocenters. The molecule has 0 N–H and O–H groups in total. The molecule has 0 spiro atoms. The van der Waals surface area contributed by atoms with Crippen molar-refractivity contribution in [3.05, 3.63) is 7.05 Å². The molecule has 2 heteroatoms. The Morgan fingerprint density at radius 2 is 2.50 bits per heavy atom. The Balaban J connectivity index is 2.18. The second-order valence-electron chi connectivity index (χ2n) is 1.53. The Hall–Kier alpha value is 0.177. The van der Waals surface area contributed by atoms with E-state index in [1.165, 1.54) is 19.0 Å². The molecule has 0 aromatic rings. The molecule has 1 rings (SSSR count). The molecule has 1 aliphatic heterocycles. The summed E-state index contributed by atoms with van der Waals surface area (Å²) < 4.78 is 2.14. The lowest BCUT2D eigenvalue weighted by atomic mass is 10.5. The van der Waals surface area contributed by atoms with Gasteiger partial charge < -0.3 is 4.57 Å². The van der Waals surface area contributed by atoms with Gasteiger partial charge in [0.1, 0.15) is 9.68 Å². The van der Waals surface area contributed by atoms with Crippen LogP contribution in [0.1, 0.15) is 6.42 Å². The van der Waals surface area contributed by atoms with Gasteiger partial charge in [-0.2, -0.15) is 0 Å². The highest BCUT2D eigenvalue weighted by atomic mass is 28.2. The van der Waals surface area contributed by atoms with Gasteiger partial charge in [0, 0.05) is 7.05 Å². The summed E-state index contributed by atoms with van der Waals surface area (Å²) in [5.74, 6) is 0. The highest BCUT2D eigenvalue weighted by molar-refractivity contribution is 6.33. The Labute approximate surface area is 41.2 Å². The summed E-state index contributed by atoms with van der Waals surface area (Å²) in [6, 6.07) is 1.38. The molecule has 3 radical (unpaired) electrons. The van der Waals surface area contributed by atoms with Crippen molar-refractivity contribution in [1.82, 2.24) is 4.57 Å². The Kier molecular flexibility index (Phi) is 1.27. The van der Waals surface area contributed by atoms with E-state index in [1.54, 1.807) is 0 Å². The van der Waals surface area contributed by atoms with Crippen molar-refractivity contribution in [2.45, 2.75) is 12.5 Å². The average molecular weight is 98.2 g/mol. The van der Waals surface area contributed by atoms with Crippen LogP contribution in [0.4, 0.5) is 0 Å². The normalized spacial score (nSPS) is 25.5. The molecule has 0 unspecified atom stereocenters. The molecule has 0 bridgehead atoms. The van der Waals surface area contributed by atoms with Crippen LogP contribution >= 0.6 is 0 Å². The highest BCUT2D eigenvalue weighted by Gasteiger charge is 2.05. The monoisotopic (exact) mass is 98.0 g/mol. The minimum atomic E-state index is 1.00. The fourth-order valence-electron chi connectivity index (χ4n) is 0.586. The van der Waals surface area contributed by atoms with Gasteiger partial charge in [0.15, 0.2) is 0 Å². The highest BCUT2D eigenvalue weighted by Crippen LogP contribution is 2.02. The Morgan fingerprint density at radius 1 is 1.67 bits per heavy atom. The zero-order valence-corrected chi connectivity index (χ0v) is 4.78. The van der Waals surface area contributed by atoms with Gasteiger partial charge in [-0.05, 0) is 19.0 Å². The zero-order valence-electron chi connectivity index (χ0n) is 3.78. The first-order valence-corrected chi connectivity index (χ1v) is 3.36. The van der Waals surface area contributed by atoms with Crippen molar-refractivity contribution < 1.29 is 0 Å². The fourth-order valence-corrected chi connectivity index (χ4v) is 1.53. The van der Waals surface area contributed by atoms with Crippen molar-refractivity contribution in [3.63, 3.8) is 0 Å². The summed E-state index contributed by atoms with van der Waals surface area (Å²) in [5, 5.41) is 0. The smallest absolute Gasteiger partial charge is 0.141 e. The predicted octanol–water partition coefficient (Wildman–Crippen LogP) is 0.521. The van der Waals surface area contributed by atoms with Crippen LogP contribution in [-0.2, 0) is 0 Å². The van der Waals surface area contributed by atoms with Gasteiger partial charge in [-0.15, -0.1) is 0 Å². The van der Waals surface area contributed by atoms with Crippen LogP contribution in [0.2, 0.25) is 6.04 Å². The lowest BCUT2D eigenvalue weighted by molar-refractivity contribution is 0.622. The lowest BCUT2D eigenvalue weighted by Gasteiger charge is -1.99. The average Bonchev–Trinajstić information content (AvgIpc) is 1.86. The maximum Gasteiger partial charge on any atom is 0.141 e. The summed E-state index contributed by atoms with van der Waals surface area (Å²) in [5.41, 5.74) is 0. The molecular weight excluding hydrogens is 90.1 g/mol. The predicted molar refractivity (Wildman–Crippen MR) is 27.2 cm³/mol. The van der Waals surface area contributed by atoms with Crippen molar-refractivity contribution in [2.24, 2.45) is 0 Å². The molecule has 1 saturated heterocycles. The van der Waals surface area contributed by atoms with Crippen molar-refractivity contribution >= 4 is 9.68 Å². The largest absolute Gasteiger partial charge is 0.324 e. The quantitative estimate of drug-likeness (QED) is 0.399. The molecule has 0 aromatic heterocycles. The van der Waals surface area contributed by atoms with Crippen LogP contribution in [0.15, 0.2) is 0 Å². The van der Waals surface area contributed by atoms with Crippen molar-refractivity contribution in [2.75, 3.05) is 6.54 Å². The molecule has 0 amide bonds. The third-order valence-corrected chi connectivity index (χ3v) is 2.19. The van der Waals surface area contributed by atoms with E-state index in [2.05, 4.69) is 11.6 Å². The second-order valence-corrected chi connectivity index (χ2v) is 2.97. The minimum absolute atomic E-state index is 1.00. The summed E-state index contributed by atoms with van der Waals surface area (Å²) in [7, 11) is 4.79. The number of hydrogen-bond donors (Lipinski definition) is 0. The first-order chi connectivity index (χ1) is 2.89. The second kappa shape index (κ2) is 1.75. The fraction of sp³-hybridized carbons (Fsp3) is 0.750. The van der Waals surface area contributed by atoms with Crippen molar-refractivity contribution in [1.29, 1.82) is 0 Å². The number of rotatable bonds is 0. The molecule has 1 aliphatic rings. The molecule has 1 fully saturated rings. The Bertz CT molecular complexity index is 40.8. The summed E-state index contributed by atoms with van der Waals surface area (Å²) in [4.78, 5) is 0. The summed E-state index contributed by atoms with van der Waals surface area (Å²) in [6.45, 7) is 1.22. The molecular formula is C4H8NSi. The molecule has 6 heavy (non-hydrogen) atoms. The van der Waals surface area contributed by atoms with E-state index in [9.17, 15) is 0 Å². The van der Waals surface area contributed by atoms with E-state index in [1.807, 2.05) is 0 Å². The van der Waals surface area contributed by atoms with Crippen LogP contribution in [0.3, 0.4) is 0 Å². The Morgan fingerprint density at radius 3 is 2.67 bits per heavy atom. The maximum atomic E-state index is 3.78. The minimum Gasteiger partial charge on any atom is -0.324 e. The SMILES string of the molecule is [CH2]N1CCC[Si]1. The molecule has 1 nitrogen and oxygen atoms in total. The van der Waals surface area contributed by atoms with Crippen LogP contribution < -0.4 is 0 Å². The maximum absolute atomic E-state index is 3.78. The van der Waals surface area contributed by atoms with E-state index in [0.29, 0.717) is 0 Å². The van der Waals surface area contributed by atoms with Crippen LogP contribution in [0, 0.1) is 7.05 Å². The van der Waals surface area contributed by atoms with E-state index in [0.717, 1.165) is 9.68 Å². The van der Waals surface area contributed by atoms with E-state index < -0.39 is 0 Å². The van der Waals surface area contributed by atoms with Gasteiger partial charge in [0.05, 0.1) is 0 Å². The van der Waals surface area contributed by atoms with Crippen LogP contribution in [-0.4, -0.2) is 20.8 Å². The molecule has 33 valence electrons. The van der Waals surface area contributed by atoms with Gasteiger partial charge in [-0.25, -0.2) is 0 Å². The number of nitrogens with zero attached hydrogens (tertiary/aromatic N) is 1. The standard InChI is InChI=1S/C4H8NSi/c1-5-3-2-4-6-5/h1-4H2. The topological polar surface area (TPSA) is 3.24 Å². The summed E-state index contributed by atoms with van der Waals surface area (Å²) in [6.07, 6.45) is 1.36. The van der Waals surface area contributed by atoms with Crippen LogP contribution in [0.5, 0.6) is 0 Å². The third-order valence-electron chi connectivity index (χ3n) is 0.940. The van der Waals surface area contributed by atoms with Gasteiger partial charge in [0.25, 0.3) is 0 Å². The summed E-state index contributed by atoms with van der Waals surface area (Å²) >= 11 is 0. The van der Waals surface area contributed by atoms with Gasteiger partial charge in [-0.1, -0.05) is 0 Å². The molecule has 0 saturated carbocycles. The van der Waals surface area contributed by atoms with Crippen LogP contribution in [0.25, 0.3) is 0 Å². The lowest BCUT2D eigenvalue weighted by Crippen LogP contribution is -2.11. The van der Waals surface area contributed by atoms with Gasteiger partial charge in [0.2, 0.25) is 0 Å².